The van der Waals surface area contributed by atoms with Crippen LogP contribution in [0.1, 0.15) is 6.92 Å². The van der Waals surface area contributed by atoms with E-state index in [2.05, 4.69) is 9.68 Å². The maximum absolute atomic E-state index is 11.2. The molecule has 0 N–H and O–H groups in total. The van der Waals surface area contributed by atoms with Gasteiger partial charge >= 0.3 is 12.1 Å². The van der Waals surface area contributed by atoms with E-state index in [1.54, 1.807) is 0 Å². The van der Waals surface area contributed by atoms with E-state index in [1.807, 2.05) is 0 Å². The Morgan fingerprint density at radius 3 is 1.47 bits per heavy atom. The monoisotopic (exact) mass is 278 g/mol. The van der Waals surface area contributed by atoms with Crippen LogP contribution in [0.3, 0.4) is 0 Å². The summed E-state index contributed by atoms with van der Waals surface area (Å²) >= 11 is 0. The Hall–Kier alpha value is -1.06. The SMILES string of the molecule is CC(F)(F)CF.COF.FCOC(F)=C(F)F. The zero-order chi connectivity index (χ0) is 14.5. The van der Waals surface area contributed by atoms with Crippen LogP contribution in [-0.4, -0.2) is 26.6 Å². The third-order valence-corrected chi connectivity index (χ3v) is 0.565. The highest BCUT2D eigenvalue weighted by Gasteiger charge is 2.19. The molecule has 17 heavy (non-hydrogen) atoms. The summed E-state index contributed by atoms with van der Waals surface area (Å²) in [5, 5.41) is 0. The van der Waals surface area contributed by atoms with Crippen LogP contribution in [-0.2, 0) is 9.68 Å². The summed E-state index contributed by atoms with van der Waals surface area (Å²) in [6.45, 7) is -2.61. The fraction of sp³-hybridized carbons (Fsp3) is 0.714. The predicted molar refractivity (Wildman–Crippen MR) is 42.1 cm³/mol. The zero-order valence-electron chi connectivity index (χ0n) is 8.75. The van der Waals surface area contributed by atoms with Gasteiger partial charge in [-0.25, -0.2) is 17.6 Å². The Labute approximate surface area is 91.7 Å². The maximum Gasteiger partial charge on any atom is 0.342 e. The van der Waals surface area contributed by atoms with Crippen LogP contribution in [0.25, 0.3) is 0 Å². The minimum Gasteiger partial charge on any atom is -0.435 e. The molecule has 106 valence electrons. The lowest BCUT2D eigenvalue weighted by Gasteiger charge is -1.99. The normalized spacial score (nSPS) is 9.29. The van der Waals surface area contributed by atoms with Crippen LogP contribution in [0.4, 0.5) is 35.3 Å². The van der Waals surface area contributed by atoms with Gasteiger partial charge in [0.1, 0.15) is 0 Å². The topological polar surface area (TPSA) is 18.5 Å². The molecule has 0 heterocycles. The van der Waals surface area contributed by atoms with Crippen molar-refractivity contribution >= 4 is 0 Å². The standard InChI is InChI=1S/C3H2F4O.C3H5F3.CH3FO/c4-1-8-3(7)2(5)6;1-3(5,6)2-4;1-3-2/h1H2;2H2,1H3;1H3. The minimum atomic E-state index is -3.12. The fourth-order valence-corrected chi connectivity index (χ4v) is 0.102. The molecule has 0 bridgehead atoms. The molecule has 0 unspecified atom stereocenters. The van der Waals surface area contributed by atoms with Gasteiger partial charge in [-0.2, -0.15) is 18.1 Å². The predicted octanol–water partition coefficient (Wildman–Crippen LogP) is 4.09. The van der Waals surface area contributed by atoms with Gasteiger partial charge in [-0.15, -0.1) is 0 Å². The summed E-state index contributed by atoms with van der Waals surface area (Å²) < 4.78 is 89.4. The zero-order valence-corrected chi connectivity index (χ0v) is 8.75. The number of hydrogen-bond donors (Lipinski definition) is 0. The molecule has 0 aliphatic carbocycles. The van der Waals surface area contributed by atoms with Crippen LogP contribution in [0.15, 0.2) is 12.1 Å². The van der Waals surface area contributed by atoms with E-state index < -0.39 is 31.6 Å². The van der Waals surface area contributed by atoms with Gasteiger partial charge in [0.05, 0.1) is 7.11 Å². The second-order valence-electron chi connectivity index (χ2n) is 2.15. The Balaban J connectivity index is -0.000000193. The lowest BCUT2D eigenvalue weighted by atomic mass is 10.4. The Morgan fingerprint density at radius 2 is 1.41 bits per heavy atom. The van der Waals surface area contributed by atoms with Gasteiger partial charge in [0, 0.05) is 6.92 Å². The molecule has 0 fully saturated rings. The molecule has 0 spiro atoms. The van der Waals surface area contributed by atoms with E-state index in [0.717, 1.165) is 7.11 Å². The second-order valence-corrected chi connectivity index (χ2v) is 2.15. The minimum absolute atomic E-state index is 0.535. The summed E-state index contributed by atoms with van der Waals surface area (Å²) in [5.74, 6) is -3.12. The van der Waals surface area contributed by atoms with Gasteiger partial charge in [-0.05, 0) is 4.53 Å². The molecule has 0 amide bonds. The van der Waals surface area contributed by atoms with Crippen LogP contribution in [0.5, 0.6) is 0 Å². The fourth-order valence-electron chi connectivity index (χ4n) is 0.102. The van der Waals surface area contributed by atoms with Crippen LogP contribution in [0.2, 0.25) is 0 Å². The van der Waals surface area contributed by atoms with Gasteiger partial charge < -0.3 is 4.74 Å². The average molecular weight is 278 g/mol. The molecule has 0 aliphatic heterocycles. The molecule has 0 saturated heterocycles. The molecule has 0 atom stereocenters. The lowest BCUT2D eigenvalue weighted by molar-refractivity contribution is -0.0960. The van der Waals surface area contributed by atoms with Crippen molar-refractivity contribution in [2.45, 2.75) is 12.8 Å². The summed E-state index contributed by atoms with van der Waals surface area (Å²) in [6.07, 6.45) is -2.65. The van der Waals surface area contributed by atoms with Crippen LogP contribution in [0, 0.1) is 0 Å². The lowest BCUT2D eigenvalue weighted by Crippen LogP contribution is -2.10. The molecule has 2 nitrogen and oxygen atoms in total. The Kier molecular flexibility index (Phi) is 16.3. The first-order valence-electron chi connectivity index (χ1n) is 3.64. The summed E-state index contributed by atoms with van der Waals surface area (Å²) in [5.41, 5.74) is 0. The van der Waals surface area contributed by atoms with E-state index in [1.165, 1.54) is 0 Å². The second kappa shape index (κ2) is 13.0. The largest absolute Gasteiger partial charge is 0.435 e. The van der Waals surface area contributed by atoms with Crippen molar-refractivity contribution in [2.24, 2.45) is 0 Å². The quantitative estimate of drug-likeness (QED) is 0.571. The first-order valence-corrected chi connectivity index (χ1v) is 3.64. The van der Waals surface area contributed by atoms with Crippen LogP contribution >= 0.6 is 0 Å². The summed E-state index contributed by atoms with van der Waals surface area (Å²) in [7, 11) is 0.958. The Morgan fingerprint density at radius 1 is 1.12 bits per heavy atom. The molecular weight excluding hydrogens is 268 g/mol. The smallest absolute Gasteiger partial charge is 0.342 e. The van der Waals surface area contributed by atoms with E-state index in [0.29, 0.717) is 6.92 Å². The third-order valence-electron chi connectivity index (χ3n) is 0.565. The Bertz CT molecular complexity index is 187. The highest BCUT2D eigenvalue weighted by Crippen LogP contribution is 2.10. The first kappa shape index (κ1) is 21.2. The third kappa shape index (κ3) is 31.3. The van der Waals surface area contributed by atoms with Crippen molar-refractivity contribution in [1.29, 1.82) is 0 Å². The van der Waals surface area contributed by atoms with Crippen molar-refractivity contribution in [2.75, 3.05) is 20.6 Å². The molecule has 0 aliphatic rings. The molecule has 0 aromatic carbocycles. The molecule has 10 heteroatoms. The summed E-state index contributed by atoms with van der Waals surface area (Å²) in [4.78, 5) is 2.75. The molecular formula is C7H10F8O2. The number of halogens is 8. The van der Waals surface area contributed by atoms with Crippen LogP contribution < -0.4 is 0 Å². The maximum atomic E-state index is 11.2. The van der Waals surface area contributed by atoms with E-state index in [-0.39, 0.29) is 0 Å². The van der Waals surface area contributed by atoms with E-state index >= 15 is 0 Å². The van der Waals surface area contributed by atoms with Gasteiger partial charge in [0.25, 0.3) is 5.92 Å². The highest BCUT2D eigenvalue weighted by molar-refractivity contribution is 4.79. The van der Waals surface area contributed by atoms with Gasteiger partial charge in [-0.3, -0.25) is 0 Å². The van der Waals surface area contributed by atoms with Crippen molar-refractivity contribution < 1.29 is 44.9 Å². The molecule has 0 aromatic rings. The van der Waals surface area contributed by atoms with Crippen molar-refractivity contribution in [3.8, 4) is 0 Å². The van der Waals surface area contributed by atoms with Crippen molar-refractivity contribution in [1.82, 2.24) is 0 Å². The molecule has 0 aromatic heterocycles. The molecule has 0 radical (unpaired) electrons. The van der Waals surface area contributed by atoms with Gasteiger partial charge in [-0.1, -0.05) is 0 Å². The van der Waals surface area contributed by atoms with Gasteiger partial charge in [0.15, 0.2) is 6.67 Å². The van der Waals surface area contributed by atoms with E-state index in [4.69, 9.17) is 0 Å². The summed E-state index contributed by atoms with van der Waals surface area (Å²) in [6, 6.07) is -2.16. The number of rotatable bonds is 3. The number of ether oxygens (including phenoxy) is 1. The first-order chi connectivity index (χ1) is 7.66. The average Bonchev–Trinajstić information content (AvgIpc) is 2.19. The van der Waals surface area contributed by atoms with Gasteiger partial charge in [0.2, 0.25) is 6.86 Å². The van der Waals surface area contributed by atoms with Crippen molar-refractivity contribution in [3.05, 3.63) is 12.1 Å². The molecule has 0 rings (SSSR count). The molecule has 0 saturated carbocycles. The van der Waals surface area contributed by atoms with E-state index in [9.17, 15) is 35.3 Å². The number of hydrogen-bond acceptors (Lipinski definition) is 2. The van der Waals surface area contributed by atoms with Crippen molar-refractivity contribution in [3.63, 3.8) is 0 Å². The highest BCUT2D eigenvalue weighted by atomic mass is 19.3. The number of alkyl halides is 4.